The molecule has 8 aromatic rings. The number of benzene rings is 8. The highest BCUT2D eigenvalue weighted by molar-refractivity contribution is 5.60. The second kappa shape index (κ2) is 18.9. The summed E-state index contributed by atoms with van der Waals surface area (Å²) in [5.41, 5.74) is 15.0. The van der Waals surface area contributed by atoms with E-state index in [1.165, 1.54) is 66.8 Å². The van der Waals surface area contributed by atoms with Crippen LogP contribution in [0.1, 0.15) is 144 Å². The van der Waals surface area contributed by atoms with Crippen LogP contribution >= 0.6 is 0 Å². The fourth-order valence-electron chi connectivity index (χ4n) is 9.07. The molecule has 0 saturated heterocycles. The Kier molecular flexibility index (Phi) is 12.8. The molecule has 0 fully saturated rings. The SMILES string of the molecule is CC(c1ccccc1)c1cc(C(C)c2ccccc2)c(Oc2c(C(C)c3ccccc3)cc(C(C)c3ccccc3)cc2C(C)c2ccccc2)c(C(C)c2ccccc2)c1. The van der Waals surface area contributed by atoms with E-state index in [9.17, 15) is 0 Å². The summed E-state index contributed by atoms with van der Waals surface area (Å²) < 4.78 is 7.95. The van der Waals surface area contributed by atoms with E-state index in [2.05, 4.69) is 248 Å². The maximum Gasteiger partial charge on any atom is 0.135 e. The highest BCUT2D eigenvalue weighted by atomic mass is 16.5. The van der Waals surface area contributed by atoms with Crippen molar-refractivity contribution in [3.05, 3.63) is 273 Å². The third-order valence-electron chi connectivity index (χ3n) is 13.2. The zero-order valence-electron chi connectivity index (χ0n) is 36.5. The Morgan fingerprint density at radius 2 is 0.410 bits per heavy atom. The van der Waals surface area contributed by atoms with Gasteiger partial charge in [0, 0.05) is 57.8 Å². The monoisotopic (exact) mass is 794 g/mol. The van der Waals surface area contributed by atoms with Crippen LogP contribution in [-0.2, 0) is 0 Å². The number of hydrogen-bond donors (Lipinski definition) is 0. The molecule has 6 atom stereocenters. The average Bonchev–Trinajstić information content (AvgIpc) is 3.34. The molecule has 0 aliphatic heterocycles. The van der Waals surface area contributed by atoms with Crippen LogP contribution in [-0.4, -0.2) is 0 Å². The summed E-state index contributed by atoms with van der Waals surface area (Å²) in [4.78, 5) is 0. The molecule has 0 aliphatic rings. The molecule has 304 valence electrons. The highest BCUT2D eigenvalue weighted by Gasteiger charge is 2.30. The fraction of sp³-hybridized carbons (Fsp3) is 0.200. The van der Waals surface area contributed by atoms with Crippen molar-refractivity contribution in [2.45, 2.75) is 77.0 Å². The predicted octanol–water partition coefficient (Wildman–Crippen LogP) is 16.4. The predicted molar refractivity (Wildman–Crippen MR) is 257 cm³/mol. The standard InChI is InChI=1S/C60H58O/c1-41(47-25-13-7-14-26-47)53-37-55(43(3)49-29-17-9-18-30-49)59(56(38-53)44(4)50-31-19-10-20-32-50)61-60-57(45(5)51-33-21-11-22-34-51)39-54(42(2)48-27-15-8-16-28-48)40-58(60)46(6)52-35-23-12-24-36-52/h7-46H,1-6H3. The van der Waals surface area contributed by atoms with Crippen LogP contribution in [0.25, 0.3) is 0 Å². The van der Waals surface area contributed by atoms with Crippen molar-refractivity contribution in [2.24, 2.45) is 0 Å². The van der Waals surface area contributed by atoms with Gasteiger partial charge in [-0.2, -0.15) is 0 Å². The van der Waals surface area contributed by atoms with E-state index in [1.54, 1.807) is 0 Å². The minimum atomic E-state index is 0.0585. The van der Waals surface area contributed by atoms with Crippen LogP contribution in [0.15, 0.2) is 206 Å². The molecule has 0 bridgehead atoms. The minimum Gasteiger partial charge on any atom is -0.456 e. The quantitative estimate of drug-likeness (QED) is 0.107. The number of rotatable bonds is 14. The molecule has 0 aliphatic carbocycles. The Bertz CT molecular complexity index is 2300. The van der Waals surface area contributed by atoms with Gasteiger partial charge in [0.2, 0.25) is 0 Å². The molecular weight excluding hydrogens is 737 g/mol. The summed E-state index contributed by atoms with van der Waals surface area (Å²) in [6.45, 7) is 14.1. The van der Waals surface area contributed by atoms with Crippen LogP contribution in [0.2, 0.25) is 0 Å². The van der Waals surface area contributed by atoms with Crippen LogP contribution in [0, 0.1) is 0 Å². The molecule has 0 heterocycles. The Morgan fingerprint density at radius 3 is 0.607 bits per heavy atom. The summed E-state index contributed by atoms with van der Waals surface area (Å²) >= 11 is 0. The van der Waals surface area contributed by atoms with Crippen LogP contribution in [0.5, 0.6) is 11.5 Å². The van der Waals surface area contributed by atoms with Crippen molar-refractivity contribution in [1.29, 1.82) is 0 Å². The summed E-state index contributed by atoms with van der Waals surface area (Å²) in [6.07, 6.45) is 0. The molecular formula is C60H58O. The molecule has 6 unspecified atom stereocenters. The average molecular weight is 795 g/mol. The summed E-state index contributed by atoms with van der Waals surface area (Å²) in [5.74, 6) is 2.49. The van der Waals surface area contributed by atoms with Gasteiger partial charge >= 0.3 is 0 Å². The van der Waals surface area contributed by atoms with Gasteiger partial charge < -0.3 is 4.74 Å². The molecule has 0 saturated carbocycles. The van der Waals surface area contributed by atoms with E-state index in [4.69, 9.17) is 4.74 Å². The summed E-state index contributed by atoms with van der Waals surface area (Å²) in [6, 6.07) is 75.3. The zero-order valence-corrected chi connectivity index (χ0v) is 36.5. The molecule has 0 radical (unpaired) electrons. The molecule has 61 heavy (non-hydrogen) atoms. The lowest BCUT2D eigenvalue weighted by atomic mass is 9.80. The summed E-state index contributed by atoms with van der Waals surface area (Å²) in [5, 5.41) is 0. The molecule has 0 aromatic heterocycles. The first-order valence-corrected chi connectivity index (χ1v) is 22.1. The molecule has 1 nitrogen and oxygen atoms in total. The molecule has 0 amide bonds. The number of hydrogen-bond acceptors (Lipinski definition) is 1. The van der Waals surface area contributed by atoms with Crippen molar-refractivity contribution in [2.75, 3.05) is 0 Å². The van der Waals surface area contributed by atoms with E-state index in [-0.39, 0.29) is 35.5 Å². The highest BCUT2D eigenvalue weighted by Crippen LogP contribution is 2.49. The second-order valence-electron chi connectivity index (χ2n) is 17.0. The van der Waals surface area contributed by atoms with Gasteiger partial charge in [-0.15, -0.1) is 0 Å². The first kappa shape index (κ1) is 41.3. The normalized spacial score (nSPS) is 14.3. The van der Waals surface area contributed by atoms with Crippen LogP contribution < -0.4 is 4.74 Å². The molecule has 0 N–H and O–H groups in total. The van der Waals surface area contributed by atoms with Gasteiger partial charge in [0.05, 0.1) is 0 Å². The van der Waals surface area contributed by atoms with Gasteiger partial charge in [0.1, 0.15) is 11.5 Å². The Hall–Kier alpha value is -6.44. The van der Waals surface area contributed by atoms with Crippen molar-refractivity contribution < 1.29 is 4.74 Å². The summed E-state index contributed by atoms with van der Waals surface area (Å²) in [7, 11) is 0. The van der Waals surface area contributed by atoms with Gasteiger partial charge in [-0.25, -0.2) is 0 Å². The maximum absolute atomic E-state index is 7.95. The first-order chi connectivity index (χ1) is 29.8. The zero-order chi connectivity index (χ0) is 42.3. The lowest BCUT2D eigenvalue weighted by Gasteiger charge is -2.30. The Morgan fingerprint density at radius 1 is 0.230 bits per heavy atom. The van der Waals surface area contributed by atoms with Crippen LogP contribution in [0.3, 0.4) is 0 Å². The van der Waals surface area contributed by atoms with Crippen molar-refractivity contribution in [3.63, 3.8) is 0 Å². The van der Waals surface area contributed by atoms with E-state index in [1.807, 2.05) is 0 Å². The number of ether oxygens (including phenoxy) is 1. The van der Waals surface area contributed by atoms with Gasteiger partial charge in [0.15, 0.2) is 0 Å². The van der Waals surface area contributed by atoms with E-state index in [0.717, 1.165) is 11.5 Å². The lowest BCUT2D eigenvalue weighted by molar-refractivity contribution is 0.450. The van der Waals surface area contributed by atoms with E-state index in [0.29, 0.717) is 0 Å². The van der Waals surface area contributed by atoms with Crippen LogP contribution in [0.4, 0.5) is 0 Å². The smallest absolute Gasteiger partial charge is 0.135 e. The molecule has 1 heteroatoms. The van der Waals surface area contributed by atoms with Gasteiger partial charge in [-0.1, -0.05) is 248 Å². The van der Waals surface area contributed by atoms with E-state index >= 15 is 0 Å². The van der Waals surface area contributed by atoms with Crippen molar-refractivity contribution in [3.8, 4) is 11.5 Å². The van der Waals surface area contributed by atoms with Gasteiger partial charge in [-0.05, 0) is 44.5 Å². The lowest BCUT2D eigenvalue weighted by Crippen LogP contribution is -2.12. The minimum absolute atomic E-state index is 0.0585. The Balaban J connectivity index is 1.43. The molecule has 8 rings (SSSR count). The maximum atomic E-state index is 7.95. The van der Waals surface area contributed by atoms with Crippen molar-refractivity contribution >= 4 is 0 Å². The topological polar surface area (TPSA) is 9.23 Å². The molecule has 8 aromatic carbocycles. The van der Waals surface area contributed by atoms with Gasteiger partial charge in [0.25, 0.3) is 0 Å². The Labute approximate surface area is 364 Å². The third-order valence-corrected chi connectivity index (χ3v) is 13.2. The molecule has 0 spiro atoms. The third kappa shape index (κ3) is 9.03. The first-order valence-electron chi connectivity index (χ1n) is 22.1. The largest absolute Gasteiger partial charge is 0.456 e. The van der Waals surface area contributed by atoms with Crippen molar-refractivity contribution in [1.82, 2.24) is 0 Å². The van der Waals surface area contributed by atoms with Gasteiger partial charge in [-0.3, -0.25) is 0 Å². The fourth-order valence-corrected chi connectivity index (χ4v) is 9.07. The second-order valence-corrected chi connectivity index (χ2v) is 17.0. The van der Waals surface area contributed by atoms with E-state index < -0.39 is 0 Å².